The van der Waals surface area contributed by atoms with Gasteiger partial charge in [0.05, 0.1) is 11.3 Å². The number of carbonyl (C=O) groups is 1. The highest BCUT2D eigenvalue weighted by Crippen LogP contribution is 2.20. The van der Waals surface area contributed by atoms with Gasteiger partial charge >= 0.3 is 5.97 Å². The molecular weight excluding hydrogens is 204 g/mol. The molecular formula is C10H11F2NO2. The zero-order valence-corrected chi connectivity index (χ0v) is 8.18. The van der Waals surface area contributed by atoms with Gasteiger partial charge in [-0.25, -0.2) is 13.6 Å². The number of carboxylic acid groups (broad SMARTS) is 1. The first kappa shape index (κ1) is 11.4. The summed E-state index contributed by atoms with van der Waals surface area (Å²) in [5.74, 6) is -3.96. The maximum atomic E-state index is 13.2. The van der Waals surface area contributed by atoms with Gasteiger partial charge in [-0.1, -0.05) is 6.92 Å². The fourth-order valence-electron chi connectivity index (χ4n) is 1.11. The summed E-state index contributed by atoms with van der Waals surface area (Å²) in [6.45, 7) is 2.38. The summed E-state index contributed by atoms with van der Waals surface area (Å²) in [5.41, 5.74) is -0.672. The Hall–Kier alpha value is -1.65. The molecule has 0 aliphatic rings. The van der Waals surface area contributed by atoms with Crippen molar-refractivity contribution in [1.29, 1.82) is 0 Å². The van der Waals surface area contributed by atoms with Crippen molar-refractivity contribution in [3.8, 4) is 0 Å². The zero-order chi connectivity index (χ0) is 11.4. The molecule has 5 heteroatoms. The molecule has 0 aliphatic heterocycles. The Bertz CT molecular complexity index is 380. The molecule has 1 aromatic carbocycles. The molecule has 15 heavy (non-hydrogen) atoms. The van der Waals surface area contributed by atoms with Crippen molar-refractivity contribution in [1.82, 2.24) is 0 Å². The van der Waals surface area contributed by atoms with Crippen molar-refractivity contribution in [3.05, 3.63) is 29.3 Å². The molecule has 82 valence electrons. The van der Waals surface area contributed by atoms with Crippen LogP contribution >= 0.6 is 0 Å². The van der Waals surface area contributed by atoms with E-state index in [0.717, 1.165) is 12.5 Å². The number of halogens is 2. The lowest BCUT2D eigenvalue weighted by molar-refractivity contribution is 0.0690. The normalized spacial score (nSPS) is 10.1. The minimum absolute atomic E-state index is 0.0145. The predicted molar refractivity (Wildman–Crippen MR) is 52.1 cm³/mol. The summed E-state index contributed by atoms with van der Waals surface area (Å²) in [5, 5.41) is 11.2. The minimum Gasteiger partial charge on any atom is -0.478 e. The summed E-state index contributed by atoms with van der Waals surface area (Å²) < 4.78 is 26.4. The van der Waals surface area contributed by atoms with E-state index >= 15 is 0 Å². The fourth-order valence-corrected chi connectivity index (χ4v) is 1.11. The second-order valence-corrected chi connectivity index (χ2v) is 3.02. The molecule has 0 spiro atoms. The molecule has 0 radical (unpaired) electrons. The van der Waals surface area contributed by atoms with E-state index in [1.54, 1.807) is 0 Å². The lowest BCUT2D eigenvalue weighted by Gasteiger charge is -2.07. The molecule has 0 atom stereocenters. The molecule has 0 heterocycles. The molecule has 0 aromatic heterocycles. The van der Waals surface area contributed by atoms with Crippen LogP contribution in [-0.4, -0.2) is 17.6 Å². The SMILES string of the molecule is CCCNc1ccc(C(=O)O)c(F)c1F. The maximum Gasteiger partial charge on any atom is 0.338 e. The summed E-state index contributed by atoms with van der Waals surface area (Å²) in [6, 6.07) is 2.26. The molecule has 2 N–H and O–H groups in total. The molecule has 1 aromatic rings. The molecule has 0 fully saturated rings. The van der Waals surface area contributed by atoms with Gasteiger partial charge in [-0.2, -0.15) is 0 Å². The zero-order valence-electron chi connectivity index (χ0n) is 8.18. The van der Waals surface area contributed by atoms with Crippen LogP contribution in [0.1, 0.15) is 23.7 Å². The third-order valence-corrected chi connectivity index (χ3v) is 1.88. The van der Waals surface area contributed by atoms with Crippen LogP contribution in [0.25, 0.3) is 0 Å². The average molecular weight is 215 g/mol. The van der Waals surface area contributed by atoms with Gasteiger partial charge in [0.1, 0.15) is 0 Å². The second kappa shape index (κ2) is 4.72. The van der Waals surface area contributed by atoms with Crippen molar-refractivity contribution >= 4 is 11.7 Å². The number of rotatable bonds is 4. The van der Waals surface area contributed by atoms with Gasteiger partial charge in [-0.3, -0.25) is 0 Å². The lowest BCUT2D eigenvalue weighted by Crippen LogP contribution is -2.07. The van der Waals surface area contributed by atoms with Crippen molar-refractivity contribution in [2.24, 2.45) is 0 Å². The van der Waals surface area contributed by atoms with E-state index in [-0.39, 0.29) is 5.69 Å². The van der Waals surface area contributed by atoms with Crippen molar-refractivity contribution in [2.45, 2.75) is 13.3 Å². The third kappa shape index (κ3) is 2.43. The molecule has 0 aliphatic carbocycles. The van der Waals surface area contributed by atoms with E-state index in [9.17, 15) is 13.6 Å². The first-order valence-electron chi connectivity index (χ1n) is 4.53. The molecule has 3 nitrogen and oxygen atoms in total. The maximum absolute atomic E-state index is 13.2. The standard InChI is InChI=1S/C10H11F2NO2/c1-2-5-13-7-4-3-6(10(14)15)8(11)9(7)12/h3-4,13H,2,5H2,1H3,(H,14,15). The largest absolute Gasteiger partial charge is 0.478 e. The number of benzene rings is 1. The summed E-state index contributed by atoms with van der Waals surface area (Å²) in [7, 11) is 0. The van der Waals surface area contributed by atoms with Gasteiger partial charge in [0.2, 0.25) is 0 Å². The van der Waals surface area contributed by atoms with Crippen LogP contribution in [0.4, 0.5) is 14.5 Å². The fraction of sp³-hybridized carbons (Fsp3) is 0.300. The quantitative estimate of drug-likeness (QED) is 0.811. The summed E-state index contributed by atoms with van der Waals surface area (Å²) in [4.78, 5) is 10.5. The van der Waals surface area contributed by atoms with Gasteiger partial charge in [0.25, 0.3) is 0 Å². The average Bonchev–Trinajstić information content (AvgIpc) is 2.20. The van der Waals surface area contributed by atoms with Gasteiger partial charge < -0.3 is 10.4 Å². The van der Waals surface area contributed by atoms with Gasteiger partial charge in [0.15, 0.2) is 11.6 Å². The Kier molecular flexibility index (Phi) is 3.60. The lowest BCUT2D eigenvalue weighted by atomic mass is 10.2. The molecule has 0 saturated carbocycles. The Labute approximate surface area is 85.7 Å². The molecule has 0 saturated heterocycles. The number of nitrogens with one attached hydrogen (secondary N) is 1. The number of hydrogen-bond acceptors (Lipinski definition) is 2. The third-order valence-electron chi connectivity index (χ3n) is 1.88. The van der Waals surface area contributed by atoms with Crippen LogP contribution in [0.3, 0.4) is 0 Å². The highest BCUT2D eigenvalue weighted by molar-refractivity contribution is 5.88. The van der Waals surface area contributed by atoms with E-state index < -0.39 is 23.2 Å². The summed E-state index contributed by atoms with van der Waals surface area (Å²) in [6.07, 6.45) is 0.766. The summed E-state index contributed by atoms with van der Waals surface area (Å²) >= 11 is 0. The topological polar surface area (TPSA) is 49.3 Å². The first-order chi connectivity index (χ1) is 7.07. The molecule has 0 bridgehead atoms. The minimum atomic E-state index is -1.48. The monoisotopic (exact) mass is 215 g/mol. The number of carboxylic acids is 1. The van der Waals surface area contributed by atoms with Crippen LogP contribution in [0.15, 0.2) is 12.1 Å². The highest BCUT2D eigenvalue weighted by Gasteiger charge is 2.17. The smallest absolute Gasteiger partial charge is 0.338 e. The van der Waals surface area contributed by atoms with Gasteiger partial charge in [-0.05, 0) is 18.6 Å². The van der Waals surface area contributed by atoms with Crippen LogP contribution in [0, 0.1) is 11.6 Å². The first-order valence-corrected chi connectivity index (χ1v) is 4.53. The van der Waals surface area contributed by atoms with Crippen LogP contribution in [-0.2, 0) is 0 Å². The molecule has 1 rings (SSSR count). The van der Waals surface area contributed by atoms with E-state index in [2.05, 4.69) is 5.32 Å². The molecule has 0 unspecified atom stereocenters. The van der Waals surface area contributed by atoms with E-state index in [1.165, 1.54) is 6.07 Å². The highest BCUT2D eigenvalue weighted by atomic mass is 19.2. The van der Waals surface area contributed by atoms with Gasteiger partial charge in [-0.15, -0.1) is 0 Å². The van der Waals surface area contributed by atoms with E-state index in [0.29, 0.717) is 6.54 Å². The molecule has 0 amide bonds. The van der Waals surface area contributed by atoms with Crippen molar-refractivity contribution in [3.63, 3.8) is 0 Å². The second-order valence-electron chi connectivity index (χ2n) is 3.02. The van der Waals surface area contributed by atoms with Crippen LogP contribution in [0.2, 0.25) is 0 Å². The Morgan fingerprint density at radius 1 is 1.40 bits per heavy atom. The Morgan fingerprint density at radius 3 is 2.60 bits per heavy atom. The van der Waals surface area contributed by atoms with Gasteiger partial charge in [0, 0.05) is 6.54 Å². The Balaban J connectivity index is 3.04. The Morgan fingerprint density at radius 2 is 2.07 bits per heavy atom. The van der Waals surface area contributed by atoms with Crippen LogP contribution in [0.5, 0.6) is 0 Å². The predicted octanol–water partition coefficient (Wildman–Crippen LogP) is 2.48. The van der Waals surface area contributed by atoms with E-state index in [4.69, 9.17) is 5.11 Å². The number of hydrogen-bond donors (Lipinski definition) is 2. The number of aromatic carboxylic acids is 1. The van der Waals surface area contributed by atoms with Crippen molar-refractivity contribution < 1.29 is 18.7 Å². The van der Waals surface area contributed by atoms with E-state index in [1.807, 2.05) is 6.92 Å². The van der Waals surface area contributed by atoms with Crippen molar-refractivity contribution in [2.75, 3.05) is 11.9 Å². The number of anilines is 1. The van der Waals surface area contributed by atoms with Crippen LogP contribution < -0.4 is 5.32 Å².